The quantitative estimate of drug-likeness (QED) is 0.853. The van der Waals surface area contributed by atoms with E-state index in [-0.39, 0.29) is 5.91 Å². The standard InChI is InChI=1S/C14H20BrClN2O/c1-4-18(5-2)10(3)9-17-14(19)12-8-11(16)6-7-13(12)15/h6-8,10H,4-5,9H2,1-3H3,(H,17,19). The number of nitrogens with one attached hydrogen (secondary N) is 1. The molecule has 1 rings (SSSR count). The Morgan fingerprint density at radius 3 is 2.63 bits per heavy atom. The summed E-state index contributed by atoms with van der Waals surface area (Å²) >= 11 is 9.27. The van der Waals surface area contributed by atoms with Gasteiger partial charge in [-0.25, -0.2) is 0 Å². The van der Waals surface area contributed by atoms with Crippen molar-refractivity contribution in [3.63, 3.8) is 0 Å². The van der Waals surface area contributed by atoms with Crippen LogP contribution in [0.25, 0.3) is 0 Å². The molecule has 0 radical (unpaired) electrons. The molecule has 1 N–H and O–H groups in total. The van der Waals surface area contributed by atoms with Gasteiger partial charge in [0.2, 0.25) is 0 Å². The first-order chi connectivity index (χ1) is 8.99. The molecule has 0 spiro atoms. The van der Waals surface area contributed by atoms with E-state index >= 15 is 0 Å². The lowest BCUT2D eigenvalue weighted by Crippen LogP contribution is -2.42. The number of hydrogen-bond acceptors (Lipinski definition) is 2. The molecule has 0 aliphatic rings. The highest BCUT2D eigenvalue weighted by molar-refractivity contribution is 9.10. The average Bonchev–Trinajstić information content (AvgIpc) is 2.40. The maximum absolute atomic E-state index is 12.1. The maximum atomic E-state index is 12.1. The van der Waals surface area contributed by atoms with E-state index in [0.29, 0.717) is 23.2 Å². The number of halogens is 2. The van der Waals surface area contributed by atoms with Crippen LogP contribution < -0.4 is 5.32 Å². The third-order valence-electron chi connectivity index (χ3n) is 3.17. The van der Waals surface area contributed by atoms with Crippen molar-refractivity contribution in [1.29, 1.82) is 0 Å². The van der Waals surface area contributed by atoms with Gasteiger partial charge in [0.05, 0.1) is 5.56 Å². The van der Waals surface area contributed by atoms with E-state index < -0.39 is 0 Å². The summed E-state index contributed by atoms with van der Waals surface area (Å²) in [6, 6.07) is 5.52. The molecule has 1 aromatic rings. The molecule has 0 saturated carbocycles. The van der Waals surface area contributed by atoms with Crippen LogP contribution >= 0.6 is 27.5 Å². The van der Waals surface area contributed by atoms with E-state index in [4.69, 9.17) is 11.6 Å². The second-order valence-corrected chi connectivity index (χ2v) is 5.70. The van der Waals surface area contributed by atoms with E-state index in [9.17, 15) is 4.79 Å². The highest BCUT2D eigenvalue weighted by atomic mass is 79.9. The molecule has 1 unspecified atom stereocenters. The molecule has 0 bridgehead atoms. The highest BCUT2D eigenvalue weighted by Crippen LogP contribution is 2.21. The summed E-state index contributed by atoms with van der Waals surface area (Å²) in [5, 5.41) is 3.51. The number of carbonyl (C=O) groups excluding carboxylic acids is 1. The van der Waals surface area contributed by atoms with Crippen molar-refractivity contribution >= 4 is 33.4 Å². The number of nitrogens with zero attached hydrogens (tertiary/aromatic N) is 1. The molecule has 19 heavy (non-hydrogen) atoms. The van der Waals surface area contributed by atoms with Crippen molar-refractivity contribution in [3.8, 4) is 0 Å². The number of rotatable bonds is 6. The molecule has 0 heterocycles. The molecular weight excluding hydrogens is 328 g/mol. The van der Waals surface area contributed by atoms with Crippen LogP contribution in [-0.2, 0) is 0 Å². The van der Waals surface area contributed by atoms with Gasteiger partial charge >= 0.3 is 0 Å². The third-order valence-corrected chi connectivity index (χ3v) is 4.09. The Morgan fingerprint density at radius 2 is 2.05 bits per heavy atom. The van der Waals surface area contributed by atoms with Gasteiger partial charge in [-0.1, -0.05) is 25.4 Å². The van der Waals surface area contributed by atoms with Crippen molar-refractivity contribution in [2.45, 2.75) is 26.8 Å². The zero-order valence-electron chi connectivity index (χ0n) is 11.5. The lowest BCUT2D eigenvalue weighted by atomic mass is 10.2. The van der Waals surface area contributed by atoms with E-state index in [1.54, 1.807) is 18.2 Å². The largest absolute Gasteiger partial charge is 0.350 e. The minimum atomic E-state index is -0.103. The number of carbonyl (C=O) groups is 1. The molecule has 1 atom stereocenters. The molecule has 0 aromatic heterocycles. The number of benzene rings is 1. The zero-order chi connectivity index (χ0) is 14.4. The molecule has 1 amide bonds. The Bertz CT molecular complexity index is 435. The van der Waals surface area contributed by atoms with E-state index in [1.807, 2.05) is 0 Å². The number of amides is 1. The lowest BCUT2D eigenvalue weighted by molar-refractivity contribution is 0.0937. The Hall–Kier alpha value is -0.580. The number of hydrogen-bond donors (Lipinski definition) is 1. The van der Waals surface area contributed by atoms with Gasteiger partial charge in [0.25, 0.3) is 5.91 Å². The topological polar surface area (TPSA) is 32.3 Å². The van der Waals surface area contributed by atoms with Crippen molar-refractivity contribution in [1.82, 2.24) is 10.2 Å². The first kappa shape index (κ1) is 16.5. The van der Waals surface area contributed by atoms with Crippen LogP contribution in [0.5, 0.6) is 0 Å². The predicted molar refractivity (Wildman–Crippen MR) is 83.9 cm³/mol. The van der Waals surface area contributed by atoms with Crippen LogP contribution in [0.3, 0.4) is 0 Å². The molecule has 0 saturated heterocycles. The van der Waals surface area contributed by atoms with Gasteiger partial charge in [0.15, 0.2) is 0 Å². The summed E-state index contributed by atoms with van der Waals surface area (Å²) in [4.78, 5) is 14.4. The molecule has 3 nitrogen and oxygen atoms in total. The van der Waals surface area contributed by atoms with Gasteiger partial charge in [-0.15, -0.1) is 0 Å². The van der Waals surface area contributed by atoms with Gasteiger partial charge in [0.1, 0.15) is 0 Å². The van der Waals surface area contributed by atoms with E-state index in [1.165, 1.54) is 0 Å². The molecule has 1 aromatic carbocycles. The molecule has 5 heteroatoms. The SMILES string of the molecule is CCN(CC)C(C)CNC(=O)c1cc(Cl)ccc1Br. The monoisotopic (exact) mass is 346 g/mol. The van der Waals surface area contributed by atoms with Gasteiger partial charge in [-0.05, 0) is 54.1 Å². The molecular formula is C14H20BrClN2O. The lowest BCUT2D eigenvalue weighted by Gasteiger charge is -2.26. The first-order valence-corrected chi connectivity index (χ1v) is 7.64. The van der Waals surface area contributed by atoms with E-state index in [0.717, 1.165) is 17.6 Å². The summed E-state index contributed by atoms with van der Waals surface area (Å²) in [6.07, 6.45) is 0. The maximum Gasteiger partial charge on any atom is 0.252 e. The predicted octanol–water partition coefficient (Wildman–Crippen LogP) is 3.56. The number of likely N-dealkylation sites (N-methyl/N-ethyl adjacent to an activating group) is 1. The molecule has 106 valence electrons. The normalized spacial score (nSPS) is 12.5. The fraction of sp³-hybridized carbons (Fsp3) is 0.500. The van der Waals surface area contributed by atoms with Crippen LogP contribution in [0, 0.1) is 0 Å². The Morgan fingerprint density at radius 1 is 1.42 bits per heavy atom. The summed E-state index contributed by atoms with van der Waals surface area (Å²) in [7, 11) is 0. The van der Waals surface area contributed by atoms with Gasteiger partial charge in [0, 0.05) is 22.1 Å². The third kappa shape index (κ3) is 4.79. The fourth-order valence-corrected chi connectivity index (χ4v) is 2.58. The summed E-state index contributed by atoms with van der Waals surface area (Å²) in [5.41, 5.74) is 0.569. The van der Waals surface area contributed by atoms with E-state index in [2.05, 4.69) is 46.9 Å². The minimum Gasteiger partial charge on any atom is -0.350 e. The van der Waals surface area contributed by atoms with Crippen LogP contribution in [0.4, 0.5) is 0 Å². The van der Waals surface area contributed by atoms with Crippen molar-refractivity contribution in [2.24, 2.45) is 0 Å². The van der Waals surface area contributed by atoms with Crippen LogP contribution in [0.2, 0.25) is 5.02 Å². The van der Waals surface area contributed by atoms with Gasteiger partial charge in [-0.2, -0.15) is 0 Å². The van der Waals surface area contributed by atoms with Crippen LogP contribution in [0.1, 0.15) is 31.1 Å². The highest BCUT2D eigenvalue weighted by Gasteiger charge is 2.14. The first-order valence-electron chi connectivity index (χ1n) is 6.46. The summed E-state index contributed by atoms with van der Waals surface area (Å²) in [5.74, 6) is -0.103. The summed E-state index contributed by atoms with van der Waals surface area (Å²) in [6.45, 7) is 8.94. The van der Waals surface area contributed by atoms with Crippen molar-refractivity contribution < 1.29 is 4.79 Å². The second kappa shape index (κ2) is 7.88. The fourth-order valence-electron chi connectivity index (χ4n) is 1.98. The van der Waals surface area contributed by atoms with Gasteiger partial charge < -0.3 is 5.32 Å². The van der Waals surface area contributed by atoms with Crippen molar-refractivity contribution in [2.75, 3.05) is 19.6 Å². The summed E-state index contributed by atoms with van der Waals surface area (Å²) < 4.78 is 0.755. The Kier molecular flexibility index (Phi) is 6.83. The Balaban J connectivity index is 2.63. The molecule has 0 fully saturated rings. The molecule has 0 aliphatic heterocycles. The smallest absolute Gasteiger partial charge is 0.252 e. The Labute approximate surface area is 128 Å². The second-order valence-electron chi connectivity index (χ2n) is 4.40. The average molecular weight is 348 g/mol. The van der Waals surface area contributed by atoms with Crippen LogP contribution in [0.15, 0.2) is 22.7 Å². The van der Waals surface area contributed by atoms with Crippen molar-refractivity contribution in [3.05, 3.63) is 33.3 Å². The minimum absolute atomic E-state index is 0.103. The zero-order valence-corrected chi connectivity index (χ0v) is 13.9. The van der Waals surface area contributed by atoms with Gasteiger partial charge in [-0.3, -0.25) is 9.69 Å². The van der Waals surface area contributed by atoms with Crippen LogP contribution in [-0.4, -0.2) is 36.5 Å². The molecule has 0 aliphatic carbocycles.